The molecule has 0 aliphatic carbocycles. The molecule has 1 saturated heterocycles. The summed E-state index contributed by atoms with van der Waals surface area (Å²) in [6.45, 7) is 1.50. The summed E-state index contributed by atoms with van der Waals surface area (Å²) in [6, 6.07) is 13.4. The maximum absolute atomic E-state index is 13.1. The van der Waals surface area contributed by atoms with E-state index in [0.29, 0.717) is 5.56 Å². The molecule has 6 heteroatoms. The van der Waals surface area contributed by atoms with Crippen LogP contribution in [0.2, 0.25) is 0 Å². The number of carboxylic acid groups (broad SMARTS) is 1. The van der Waals surface area contributed by atoms with Crippen LogP contribution in [0.5, 0.6) is 0 Å². The van der Waals surface area contributed by atoms with E-state index in [2.05, 4.69) is 4.90 Å². The van der Waals surface area contributed by atoms with Crippen LogP contribution in [0, 0.1) is 11.7 Å². The lowest BCUT2D eigenvalue weighted by molar-refractivity contribution is 0.0686. The number of Topliss-reactive ketones (excluding diaryl/α,β-unsaturated/α-hetero) is 1. The van der Waals surface area contributed by atoms with Crippen molar-refractivity contribution < 1.29 is 19.1 Å². The highest BCUT2D eigenvalue weighted by Crippen LogP contribution is 2.28. The van der Waals surface area contributed by atoms with Crippen LogP contribution >= 0.6 is 0 Å². The van der Waals surface area contributed by atoms with Gasteiger partial charge in [-0.3, -0.25) is 4.79 Å². The first kappa shape index (κ1) is 18.2. The number of piperidine rings is 1. The largest absolute Gasteiger partial charge is 0.477 e. The molecule has 0 unspecified atom stereocenters. The number of carboxylic acids is 1. The fraction of sp³-hybridized carbons (Fsp3) is 0.273. The maximum atomic E-state index is 13.1. The summed E-state index contributed by atoms with van der Waals surface area (Å²) in [7, 11) is 1.71. The Balaban J connectivity index is 1.49. The summed E-state index contributed by atoms with van der Waals surface area (Å²) in [6.07, 6.45) is 1.48. The minimum atomic E-state index is -0.986. The van der Waals surface area contributed by atoms with E-state index in [1.54, 1.807) is 41.9 Å². The van der Waals surface area contributed by atoms with Gasteiger partial charge in [0.15, 0.2) is 5.78 Å². The quantitative estimate of drug-likeness (QED) is 0.692. The predicted molar refractivity (Wildman–Crippen MR) is 106 cm³/mol. The number of aryl methyl sites for hydroxylation is 1. The zero-order valence-corrected chi connectivity index (χ0v) is 15.6. The van der Waals surface area contributed by atoms with Crippen molar-refractivity contribution in [2.24, 2.45) is 13.0 Å². The Morgan fingerprint density at radius 3 is 2.36 bits per heavy atom. The normalized spacial score (nSPS) is 15.1. The van der Waals surface area contributed by atoms with Gasteiger partial charge in [-0.25, -0.2) is 9.18 Å². The van der Waals surface area contributed by atoms with Crippen LogP contribution in [0.1, 0.15) is 33.7 Å². The second-order valence-corrected chi connectivity index (χ2v) is 7.27. The number of carbonyl (C=O) groups is 2. The number of nitrogens with zero attached hydrogens (tertiary/aromatic N) is 2. The number of ketones is 1. The Morgan fingerprint density at radius 1 is 1.04 bits per heavy atom. The van der Waals surface area contributed by atoms with E-state index >= 15 is 0 Å². The molecular formula is C22H21FN2O3. The van der Waals surface area contributed by atoms with Gasteiger partial charge in [-0.1, -0.05) is 0 Å². The van der Waals surface area contributed by atoms with Crippen molar-refractivity contribution in [3.05, 3.63) is 65.6 Å². The molecule has 1 fully saturated rings. The number of halogens is 1. The molecule has 0 saturated carbocycles. The van der Waals surface area contributed by atoms with Gasteiger partial charge in [-0.05, 0) is 61.4 Å². The fourth-order valence-electron chi connectivity index (χ4n) is 4.00. The van der Waals surface area contributed by atoms with Crippen molar-refractivity contribution in [3.63, 3.8) is 0 Å². The van der Waals surface area contributed by atoms with Crippen molar-refractivity contribution in [1.29, 1.82) is 0 Å². The zero-order chi connectivity index (χ0) is 19.8. The fourth-order valence-corrected chi connectivity index (χ4v) is 4.00. The van der Waals surface area contributed by atoms with Crippen molar-refractivity contribution in [2.45, 2.75) is 12.8 Å². The van der Waals surface area contributed by atoms with Crippen LogP contribution in [0.15, 0.2) is 48.5 Å². The van der Waals surface area contributed by atoms with Crippen molar-refractivity contribution in [1.82, 2.24) is 4.57 Å². The van der Waals surface area contributed by atoms with E-state index in [4.69, 9.17) is 0 Å². The summed E-state index contributed by atoms with van der Waals surface area (Å²) in [5, 5.41) is 10.0. The zero-order valence-electron chi connectivity index (χ0n) is 15.6. The highest BCUT2D eigenvalue weighted by Gasteiger charge is 2.26. The maximum Gasteiger partial charge on any atom is 0.352 e. The van der Waals surface area contributed by atoms with Crippen molar-refractivity contribution >= 4 is 28.3 Å². The topological polar surface area (TPSA) is 62.5 Å². The molecule has 1 aliphatic heterocycles. The number of benzene rings is 2. The van der Waals surface area contributed by atoms with Crippen molar-refractivity contribution in [3.8, 4) is 0 Å². The van der Waals surface area contributed by atoms with Gasteiger partial charge in [0.2, 0.25) is 0 Å². The van der Waals surface area contributed by atoms with E-state index in [-0.39, 0.29) is 23.2 Å². The molecule has 0 amide bonds. The first-order chi connectivity index (χ1) is 13.4. The van der Waals surface area contributed by atoms with Crippen LogP contribution in [0.4, 0.5) is 10.1 Å². The lowest BCUT2D eigenvalue weighted by Gasteiger charge is -2.33. The van der Waals surface area contributed by atoms with Crippen LogP contribution in [-0.2, 0) is 7.05 Å². The van der Waals surface area contributed by atoms with E-state index in [1.165, 1.54) is 12.1 Å². The molecule has 2 heterocycles. The first-order valence-electron chi connectivity index (χ1n) is 9.31. The van der Waals surface area contributed by atoms with Gasteiger partial charge in [0.05, 0.1) is 0 Å². The molecule has 3 aromatic rings. The predicted octanol–water partition coefficient (Wildman–Crippen LogP) is 4.11. The standard InChI is InChI=1S/C22H21FN2O3/c1-24-19-7-2-15(12-16(19)13-20(24)22(27)28)21(26)14-8-10-25(11-9-14)18-5-3-17(23)4-6-18/h2-7,12-14H,8-11H2,1H3,(H,27,28). The molecule has 144 valence electrons. The number of hydrogen-bond acceptors (Lipinski definition) is 3. The SMILES string of the molecule is Cn1c(C(=O)O)cc2cc(C(=O)C3CCN(c4ccc(F)cc4)CC3)ccc21. The highest BCUT2D eigenvalue weighted by molar-refractivity contribution is 6.02. The summed E-state index contributed by atoms with van der Waals surface area (Å²) < 4.78 is 14.7. The molecule has 28 heavy (non-hydrogen) atoms. The molecule has 1 aromatic heterocycles. The van der Waals surface area contributed by atoms with E-state index in [0.717, 1.165) is 42.5 Å². The number of rotatable bonds is 4. The Hall–Kier alpha value is -3.15. The number of carbonyl (C=O) groups excluding carboxylic acids is 1. The summed E-state index contributed by atoms with van der Waals surface area (Å²) >= 11 is 0. The minimum absolute atomic E-state index is 0.0585. The van der Waals surface area contributed by atoms with Gasteiger partial charge < -0.3 is 14.6 Å². The van der Waals surface area contributed by atoms with Gasteiger partial charge >= 0.3 is 5.97 Å². The Morgan fingerprint density at radius 2 is 1.71 bits per heavy atom. The number of anilines is 1. The van der Waals surface area contributed by atoms with E-state index in [1.807, 2.05) is 6.07 Å². The second-order valence-electron chi connectivity index (χ2n) is 7.27. The highest BCUT2D eigenvalue weighted by atomic mass is 19.1. The molecule has 0 spiro atoms. The summed E-state index contributed by atoms with van der Waals surface area (Å²) in [5.74, 6) is -1.20. The molecule has 0 radical (unpaired) electrons. The lowest BCUT2D eigenvalue weighted by Crippen LogP contribution is -2.36. The Bertz CT molecular complexity index is 1050. The average molecular weight is 380 g/mol. The minimum Gasteiger partial charge on any atom is -0.477 e. The molecule has 2 aromatic carbocycles. The molecule has 4 rings (SSSR count). The first-order valence-corrected chi connectivity index (χ1v) is 9.31. The summed E-state index contributed by atoms with van der Waals surface area (Å²) in [4.78, 5) is 26.4. The molecule has 5 nitrogen and oxygen atoms in total. The third-order valence-electron chi connectivity index (χ3n) is 5.60. The number of aromatic nitrogens is 1. The third-order valence-corrected chi connectivity index (χ3v) is 5.60. The molecule has 1 aliphatic rings. The van der Waals surface area contributed by atoms with Crippen LogP contribution < -0.4 is 4.90 Å². The Kier molecular flexibility index (Phi) is 4.63. The van der Waals surface area contributed by atoms with Gasteiger partial charge in [0, 0.05) is 48.2 Å². The van der Waals surface area contributed by atoms with Gasteiger partial charge in [0.25, 0.3) is 0 Å². The summed E-state index contributed by atoms with van der Waals surface area (Å²) in [5.41, 5.74) is 2.58. The average Bonchev–Trinajstić information content (AvgIpc) is 3.04. The Labute approximate surface area is 162 Å². The second kappa shape index (κ2) is 7.11. The van der Waals surface area contributed by atoms with E-state index in [9.17, 15) is 19.1 Å². The molecule has 0 bridgehead atoms. The molecular weight excluding hydrogens is 359 g/mol. The van der Waals surface area contributed by atoms with Crippen molar-refractivity contribution in [2.75, 3.05) is 18.0 Å². The van der Waals surface area contributed by atoms with Crippen LogP contribution in [0.25, 0.3) is 10.9 Å². The van der Waals surface area contributed by atoms with Gasteiger partial charge in [0.1, 0.15) is 11.5 Å². The number of hydrogen-bond donors (Lipinski definition) is 1. The molecule has 1 N–H and O–H groups in total. The van der Waals surface area contributed by atoms with Gasteiger partial charge in [-0.15, -0.1) is 0 Å². The monoisotopic (exact) mass is 380 g/mol. The smallest absolute Gasteiger partial charge is 0.352 e. The lowest BCUT2D eigenvalue weighted by atomic mass is 9.88. The third kappa shape index (κ3) is 3.26. The van der Waals surface area contributed by atoms with Gasteiger partial charge in [-0.2, -0.15) is 0 Å². The van der Waals surface area contributed by atoms with Crippen LogP contribution in [0.3, 0.4) is 0 Å². The number of fused-ring (bicyclic) bond motifs is 1. The molecule has 0 atom stereocenters. The van der Waals surface area contributed by atoms with E-state index < -0.39 is 5.97 Å². The van der Waals surface area contributed by atoms with Crippen LogP contribution in [-0.4, -0.2) is 34.5 Å². The number of aromatic carboxylic acids is 1.